The van der Waals surface area contributed by atoms with E-state index >= 15 is 0 Å². The lowest BCUT2D eigenvalue weighted by molar-refractivity contribution is -0.115. The molecule has 0 amide bonds. The predicted octanol–water partition coefficient (Wildman–Crippen LogP) is 3.35. The van der Waals surface area contributed by atoms with Gasteiger partial charge in [0.1, 0.15) is 6.29 Å². The Morgan fingerprint density at radius 3 is 2.31 bits per heavy atom. The van der Waals surface area contributed by atoms with Crippen molar-refractivity contribution < 1.29 is 4.79 Å². The summed E-state index contributed by atoms with van der Waals surface area (Å²) in [6, 6.07) is 0. The summed E-state index contributed by atoms with van der Waals surface area (Å²) in [4.78, 5) is 10.8. The Balaban J connectivity index is 2.40. The highest BCUT2D eigenvalue weighted by Gasteiger charge is 2.22. The molecule has 0 N–H and O–H groups in total. The molecule has 0 aromatic carbocycles. The van der Waals surface area contributed by atoms with E-state index in [1.165, 1.54) is 25.7 Å². The monoisotopic (exact) mass is 180 g/mol. The molecule has 1 rings (SSSR count). The van der Waals surface area contributed by atoms with Crippen LogP contribution >= 0.6 is 0 Å². The number of hydrogen-bond acceptors (Lipinski definition) is 1. The molecule has 1 nitrogen and oxygen atoms in total. The van der Waals surface area contributed by atoms with Crippen molar-refractivity contribution in [1.82, 2.24) is 0 Å². The predicted molar refractivity (Wildman–Crippen MR) is 55.6 cm³/mol. The third-order valence-electron chi connectivity index (χ3n) is 2.78. The molecule has 0 saturated carbocycles. The van der Waals surface area contributed by atoms with Crippen LogP contribution in [0, 0.1) is 11.3 Å². The third kappa shape index (κ3) is 3.75. The van der Waals surface area contributed by atoms with Crippen molar-refractivity contribution in [3.8, 4) is 0 Å². The number of aldehydes is 1. The number of rotatable bonds is 3. The van der Waals surface area contributed by atoms with E-state index in [1.807, 2.05) is 13.8 Å². The fourth-order valence-electron chi connectivity index (χ4n) is 2.04. The highest BCUT2D eigenvalue weighted by Crippen LogP contribution is 2.30. The molecule has 1 heteroatoms. The molecule has 0 heterocycles. The first kappa shape index (κ1) is 10.5. The van der Waals surface area contributed by atoms with Crippen LogP contribution < -0.4 is 0 Å². The maximum Gasteiger partial charge on any atom is 0.125 e. The van der Waals surface area contributed by atoms with Gasteiger partial charge in [0.15, 0.2) is 0 Å². The fourth-order valence-corrected chi connectivity index (χ4v) is 2.04. The Bertz CT molecular complexity index is 181. The highest BCUT2D eigenvalue weighted by atomic mass is 16.1. The van der Waals surface area contributed by atoms with E-state index in [-0.39, 0.29) is 5.41 Å². The summed E-state index contributed by atoms with van der Waals surface area (Å²) in [7, 11) is 0. The standard InChI is InChI=1S/C12H20O/c1-12(2,10-13)9-11-7-5-3-4-6-8-11/h3-4,10-11H,5-9H2,1-2H3. The normalized spacial score (nSPS) is 19.8. The van der Waals surface area contributed by atoms with Crippen LogP contribution in [0.5, 0.6) is 0 Å². The molecule has 0 aliphatic heterocycles. The van der Waals surface area contributed by atoms with Crippen LogP contribution in [0.4, 0.5) is 0 Å². The van der Waals surface area contributed by atoms with Gasteiger partial charge in [0.2, 0.25) is 0 Å². The molecule has 1 aliphatic carbocycles. The van der Waals surface area contributed by atoms with Gasteiger partial charge in [0, 0.05) is 5.41 Å². The Morgan fingerprint density at radius 1 is 1.31 bits per heavy atom. The summed E-state index contributed by atoms with van der Waals surface area (Å²) in [5, 5.41) is 0. The minimum atomic E-state index is -0.116. The number of carbonyl (C=O) groups is 1. The number of carbonyl (C=O) groups excluding carboxylic acids is 1. The Labute approximate surface area is 81.2 Å². The zero-order valence-corrected chi connectivity index (χ0v) is 8.75. The van der Waals surface area contributed by atoms with Crippen molar-refractivity contribution in [3.63, 3.8) is 0 Å². The topological polar surface area (TPSA) is 17.1 Å². The largest absolute Gasteiger partial charge is 0.303 e. The van der Waals surface area contributed by atoms with Gasteiger partial charge in [-0.1, -0.05) is 26.0 Å². The molecule has 0 fully saturated rings. The van der Waals surface area contributed by atoms with Crippen molar-refractivity contribution in [3.05, 3.63) is 12.2 Å². The van der Waals surface area contributed by atoms with Crippen molar-refractivity contribution in [1.29, 1.82) is 0 Å². The lowest BCUT2D eigenvalue weighted by Gasteiger charge is -2.23. The van der Waals surface area contributed by atoms with E-state index in [4.69, 9.17) is 0 Å². The summed E-state index contributed by atoms with van der Waals surface area (Å²) >= 11 is 0. The second-order valence-corrected chi connectivity index (χ2v) is 4.80. The van der Waals surface area contributed by atoms with Crippen molar-refractivity contribution in [2.24, 2.45) is 11.3 Å². The number of hydrogen-bond donors (Lipinski definition) is 0. The average Bonchev–Trinajstić information content (AvgIpc) is 2.32. The maximum atomic E-state index is 10.8. The van der Waals surface area contributed by atoms with E-state index < -0.39 is 0 Å². The summed E-state index contributed by atoms with van der Waals surface area (Å²) in [5.41, 5.74) is -0.116. The molecule has 0 radical (unpaired) electrons. The molecule has 0 saturated heterocycles. The Morgan fingerprint density at radius 2 is 1.85 bits per heavy atom. The van der Waals surface area contributed by atoms with Crippen LogP contribution in [0.2, 0.25) is 0 Å². The zero-order valence-electron chi connectivity index (χ0n) is 8.75. The lowest BCUT2D eigenvalue weighted by atomic mass is 9.81. The first-order chi connectivity index (χ1) is 6.14. The summed E-state index contributed by atoms with van der Waals surface area (Å²) < 4.78 is 0. The van der Waals surface area contributed by atoms with Crippen molar-refractivity contribution in [2.45, 2.75) is 46.0 Å². The lowest BCUT2D eigenvalue weighted by Crippen LogP contribution is -2.18. The molecule has 0 atom stereocenters. The van der Waals surface area contributed by atoms with Gasteiger partial charge in [0.05, 0.1) is 0 Å². The third-order valence-corrected chi connectivity index (χ3v) is 2.78. The van der Waals surface area contributed by atoms with E-state index in [1.54, 1.807) is 0 Å². The van der Waals surface area contributed by atoms with Gasteiger partial charge >= 0.3 is 0 Å². The van der Waals surface area contributed by atoms with Crippen LogP contribution in [0.15, 0.2) is 12.2 Å². The fraction of sp³-hybridized carbons (Fsp3) is 0.750. The van der Waals surface area contributed by atoms with Gasteiger partial charge in [-0.2, -0.15) is 0 Å². The first-order valence-corrected chi connectivity index (χ1v) is 5.25. The first-order valence-electron chi connectivity index (χ1n) is 5.25. The molecule has 0 spiro atoms. The summed E-state index contributed by atoms with van der Waals surface area (Å²) in [6.07, 6.45) is 11.6. The van der Waals surface area contributed by atoms with Gasteiger partial charge in [0.25, 0.3) is 0 Å². The second kappa shape index (κ2) is 4.59. The molecular formula is C12H20O. The van der Waals surface area contributed by atoms with E-state index in [9.17, 15) is 4.79 Å². The van der Waals surface area contributed by atoms with E-state index in [0.717, 1.165) is 18.6 Å². The molecular weight excluding hydrogens is 160 g/mol. The molecule has 0 unspecified atom stereocenters. The Kier molecular flexibility index (Phi) is 3.71. The van der Waals surface area contributed by atoms with Crippen LogP contribution in [0.3, 0.4) is 0 Å². The molecule has 74 valence electrons. The summed E-state index contributed by atoms with van der Waals surface area (Å²) in [6.45, 7) is 4.08. The molecule has 0 bridgehead atoms. The minimum absolute atomic E-state index is 0.116. The number of allylic oxidation sites excluding steroid dienone is 2. The molecule has 0 aromatic heterocycles. The van der Waals surface area contributed by atoms with Crippen LogP contribution in [-0.2, 0) is 4.79 Å². The second-order valence-electron chi connectivity index (χ2n) is 4.80. The summed E-state index contributed by atoms with van der Waals surface area (Å²) in [5.74, 6) is 0.746. The van der Waals surface area contributed by atoms with Crippen LogP contribution in [0.25, 0.3) is 0 Å². The zero-order chi connectivity index (χ0) is 9.73. The Hall–Kier alpha value is -0.590. The van der Waals surface area contributed by atoms with Crippen LogP contribution in [0.1, 0.15) is 46.0 Å². The van der Waals surface area contributed by atoms with Gasteiger partial charge in [-0.3, -0.25) is 0 Å². The quantitative estimate of drug-likeness (QED) is 0.481. The highest BCUT2D eigenvalue weighted by molar-refractivity contribution is 5.57. The van der Waals surface area contributed by atoms with E-state index in [2.05, 4.69) is 12.2 Å². The van der Waals surface area contributed by atoms with Gasteiger partial charge in [-0.25, -0.2) is 0 Å². The van der Waals surface area contributed by atoms with Crippen molar-refractivity contribution >= 4 is 6.29 Å². The molecule has 0 aromatic rings. The maximum absolute atomic E-state index is 10.8. The van der Waals surface area contributed by atoms with Gasteiger partial charge < -0.3 is 4.79 Å². The van der Waals surface area contributed by atoms with Crippen LogP contribution in [-0.4, -0.2) is 6.29 Å². The average molecular weight is 180 g/mol. The van der Waals surface area contributed by atoms with Gasteiger partial charge in [-0.05, 0) is 38.0 Å². The SMILES string of the molecule is CC(C)(C=O)CC1CCC=CCC1. The van der Waals surface area contributed by atoms with Gasteiger partial charge in [-0.15, -0.1) is 0 Å². The smallest absolute Gasteiger partial charge is 0.125 e. The molecule has 1 aliphatic rings. The van der Waals surface area contributed by atoms with Crippen molar-refractivity contribution in [2.75, 3.05) is 0 Å². The van der Waals surface area contributed by atoms with E-state index in [0.29, 0.717) is 0 Å². The molecule has 13 heavy (non-hydrogen) atoms. The minimum Gasteiger partial charge on any atom is -0.303 e.